The highest BCUT2D eigenvalue weighted by atomic mass is 35.6. The molecule has 0 radical (unpaired) electrons. The average Bonchev–Trinajstić information content (AvgIpc) is 2.67. The predicted octanol–water partition coefficient (Wildman–Crippen LogP) is 5.22. The molecule has 0 aromatic carbocycles. The molecule has 0 bridgehead atoms. The van der Waals surface area contributed by atoms with Crippen LogP contribution in [0.4, 0.5) is 0 Å². The van der Waals surface area contributed by atoms with Gasteiger partial charge in [0.2, 0.25) is 8.25 Å². The Bertz CT molecular complexity index is 340. The molecular weight excluding hydrogens is 363 g/mol. The molecule has 3 nitrogen and oxygen atoms in total. The Balaban J connectivity index is 2.92. The monoisotopic (exact) mass is 381 g/mol. The molecule has 0 fully saturated rings. The van der Waals surface area contributed by atoms with E-state index in [2.05, 4.69) is 25.9 Å². The fourth-order valence-electron chi connectivity index (χ4n) is 2.01. The van der Waals surface area contributed by atoms with Crippen LogP contribution in [0.5, 0.6) is 0 Å². The maximum absolute atomic E-state index is 6.27. The van der Waals surface area contributed by atoms with Gasteiger partial charge in [0.25, 0.3) is 0 Å². The highest BCUT2D eigenvalue weighted by Crippen LogP contribution is 2.49. The maximum atomic E-state index is 6.27. The summed E-state index contributed by atoms with van der Waals surface area (Å²) >= 11 is 30.3. The van der Waals surface area contributed by atoms with Gasteiger partial charge in [-0.2, -0.15) is 5.10 Å². The van der Waals surface area contributed by atoms with Gasteiger partial charge in [-0.15, -0.1) is 0 Å². The lowest BCUT2D eigenvalue weighted by molar-refractivity contribution is 0.0924. The van der Waals surface area contributed by atoms with Gasteiger partial charge in [0.15, 0.2) is 0 Å². The van der Waals surface area contributed by atoms with Crippen LogP contribution in [0.1, 0.15) is 40.0 Å². The summed E-state index contributed by atoms with van der Waals surface area (Å²) in [5, 5.41) is 6.32. The fourth-order valence-corrected chi connectivity index (χ4v) is 2.61. The lowest BCUT2D eigenvalue weighted by atomic mass is 10.1. The zero-order valence-corrected chi connectivity index (χ0v) is 15.6. The average molecular weight is 384 g/mol. The van der Waals surface area contributed by atoms with Crippen molar-refractivity contribution >= 4 is 64.3 Å². The third-order valence-electron chi connectivity index (χ3n) is 3.08. The van der Waals surface area contributed by atoms with E-state index in [1.165, 1.54) is 0 Å². The van der Waals surface area contributed by atoms with Gasteiger partial charge >= 0.3 is 0 Å². The van der Waals surface area contributed by atoms with Gasteiger partial charge in [0.05, 0.1) is 0 Å². The van der Waals surface area contributed by atoms with Gasteiger partial charge in [-0.05, 0) is 18.8 Å². The van der Waals surface area contributed by atoms with Crippen molar-refractivity contribution in [1.29, 1.82) is 0 Å². The lowest BCUT2D eigenvalue weighted by Gasteiger charge is -2.41. The van der Waals surface area contributed by atoms with Crippen LogP contribution in [0.3, 0.4) is 0 Å². The molecule has 0 aromatic rings. The van der Waals surface area contributed by atoms with Crippen molar-refractivity contribution in [3.63, 3.8) is 0 Å². The summed E-state index contributed by atoms with van der Waals surface area (Å²) in [5.41, 5.74) is 0. The van der Waals surface area contributed by atoms with Crippen molar-refractivity contribution in [2.45, 2.75) is 54.4 Å². The number of unbranched alkanes of at least 4 members (excludes halogenated alkanes) is 1. The number of rotatable bonds is 6. The minimum atomic E-state index is -1.84. The minimum Gasteiger partial charge on any atom is -0.304 e. The topological polar surface area (TPSA) is 18.8 Å². The first-order valence-corrected chi connectivity index (χ1v) is 8.54. The Hall–Kier alpha value is 0.720. The molecule has 1 rings (SSSR count). The van der Waals surface area contributed by atoms with Crippen LogP contribution in [0.2, 0.25) is 0 Å². The van der Waals surface area contributed by atoms with E-state index in [4.69, 9.17) is 58.0 Å². The van der Waals surface area contributed by atoms with Crippen LogP contribution in [0, 0.1) is 5.92 Å². The van der Waals surface area contributed by atoms with Crippen molar-refractivity contribution in [3.05, 3.63) is 0 Å². The number of halogens is 5. The second-order valence-corrected chi connectivity index (χ2v) is 8.87. The van der Waals surface area contributed by atoms with E-state index >= 15 is 0 Å². The summed E-state index contributed by atoms with van der Waals surface area (Å²) in [6.45, 7) is 7.19. The van der Waals surface area contributed by atoms with E-state index < -0.39 is 8.25 Å². The predicted molar refractivity (Wildman–Crippen MR) is 89.9 cm³/mol. The van der Waals surface area contributed by atoms with E-state index in [1.807, 2.05) is 5.01 Å². The molecule has 1 atom stereocenters. The van der Waals surface area contributed by atoms with Gasteiger partial charge in [-0.25, -0.2) is 0 Å². The summed E-state index contributed by atoms with van der Waals surface area (Å²) in [5.74, 6) is 0.438. The molecule has 0 saturated carbocycles. The van der Waals surface area contributed by atoms with Crippen LogP contribution >= 0.6 is 58.0 Å². The van der Waals surface area contributed by atoms with E-state index in [9.17, 15) is 0 Å². The summed E-state index contributed by atoms with van der Waals surface area (Å²) < 4.78 is -3.50. The maximum Gasteiger partial charge on any atom is 0.241 e. The molecule has 0 saturated heterocycles. The van der Waals surface area contributed by atoms with Crippen molar-refractivity contribution < 1.29 is 0 Å². The molecule has 1 unspecified atom stereocenters. The van der Waals surface area contributed by atoms with Crippen LogP contribution in [-0.2, 0) is 0 Å². The zero-order valence-electron chi connectivity index (χ0n) is 11.8. The Kier molecular flexibility index (Phi) is 6.87. The van der Waals surface area contributed by atoms with Crippen molar-refractivity contribution in [2.75, 3.05) is 6.54 Å². The Labute approximate surface area is 146 Å². The van der Waals surface area contributed by atoms with Gasteiger partial charge < -0.3 is 4.90 Å². The highest BCUT2D eigenvalue weighted by molar-refractivity contribution is 6.75. The summed E-state index contributed by atoms with van der Waals surface area (Å²) in [6, 6.07) is 0. The molecule has 0 N–H and O–H groups in total. The third kappa shape index (κ3) is 4.36. The smallest absolute Gasteiger partial charge is 0.241 e. The zero-order chi connectivity index (χ0) is 15.6. The van der Waals surface area contributed by atoms with Gasteiger partial charge in [-0.3, -0.25) is 5.01 Å². The number of hydrogen-bond acceptors (Lipinski definition) is 3. The Morgan fingerprint density at radius 3 is 2.25 bits per heavy atom. The normalized spacial score (nSPS) is 20.4. The van der Waals surface area contributed by atoms with Crippen LogP contribution in [0.15, 0.2) is 5.10 Å². The third-order valence-corrected chi connectivity index (χ3v) is 5.44. The SMILES string of the molecule is CCCCN1N=CN(C(Cl)(Cl)C(Cl)(Cl)Cl)C1CC(C)C. The van der Waals surface area contributed by atoms with E-state index in [1.54, 1.807) is 11.2 Å². The second kappa shape index (κ2) is 7.32. The first-order valence-electron chi connectivity index (χ1n) is 6.65. The number of nitrogens with zero attached hydrogens (tertiary/aromatic N) is 3. The molecule has 1 heterocycles. The van der Waals surface area contributed by atoms with E-state index in [0.29, 0.717) is 5.92 Å². The van der Waals surface area contributed by atoms with Crippen molar-refractivity contribution in [1.82, 2.24) is 9.91 Å². The fraction of sp³-hybridized carbons (Fsp3) is 0.917. The molecule has 20 heavy (non-hydrogen) atoms. The Morgan fingerprint density at radius 2 is 1.80 bits per heavy atom. The molecule has 118 valence electrons. The molecule has 0 amide bonds. The molecule has 0 spiro atoms. The summed E-state index contributed by atoms with van der Waals surface area (Å²) in [7, 11) is 0. The quantitative estimate of drug-likeness (QED) is 0.462. The van der Waals surface area contributed by atoms with Crippen LogP contribution < -0.4 is 0 Å². The molecule has 0 aromatic heterocycles. The number of hydrogen-bond donors (Lipinski definition) is 0. The van der Waals surface area contributed by atoms with E-state index in [-0.39, 0.29) is 6.17 Å². The molecule has 0 aliphatic carbocycles. The summed E-state index contributed by atoms with van der Waals surface area (Å²) in [6.07, 6.45) is 4.39. The van der Waals surface area contributed by atoms with Crippen LogP contribution in [0.25, 0.3) is 0 Å². The highest BCUT2D eigenvalue weighted by Gasteiger charge is 2.54. The standard InChI is InChI=1S/C12H20Cl5N3/c1-4-5-6-20-10(7-9(2)3)19(8-18-20)12(16,17)11(13,14)15/h8-10H,4-7H2,1-3H3. The first kappa shape index (κ1) is 18.8. The van der Waals surface area contributed by atoms with Crippen LogP contribution in [-0.4, -0.2) is 37.2 Å². The molecule has 8 heteroatoms. The minimum absolute atomic E-state index is 0.104. The van der Waals surface area contributed by atoms with Crippen molar-refractivity contribution in [3.8, 4) is 0 Å². The first-order chi connectivity index (χ1) is 9.11. The van der Waals surface area contributed by atoms with Gasteiger partial charge in [0.1, 0.15) is 12.5 Å². The van der Waals surface area contributed by atoms with E-state index in [0.717, 1.165) is 25.8 Å². The largest absolute Gasteiger partial charge is 0.304 e. The van der Waals surface area contributed by atoms with Gasteiger partial charge in [-0.1, -0.05) is 85.2 Å². The second-order valence-electron chi connectivity index (χ2n) is 5.30. The summed E-state index contributed by atoms with van der Waals surface area (Å²) in [4.78, 5) is 1.62. The number of alkyl halides is 5. The Morgan fingerprint density at radius 1 is 1.20 bits per heavy atom. The van der Waals surface area contributed by atoms with Crippen molar-refractivity contribution in [2.24, 2.45) is 11.0 Å². The molecule has 1 aliphatic rings. The molecule has 1 aliphatic heterocycles. The molecular formula is C12H20Cl5N3. The lowest BCUT2D eigenvalue weighted by Crippen LogP contribution is -2.54. The van der Waals surface area contributed by atoms with Gasteiger partial charge in [0, 0.05) is 6.54 Å². The number of hydrazone groups is 1.